The Hall–Kier alpha value is -1.16. The molecule has 0 spiro atoms. The molecule has 0 radical (unpaired) electrons. The van der Waals surface area contributed by atoms with Crippen molar-refractivity contribution in [2.24, 2.45) is 0 Å². The van der Waals surface area contributed by atoms with Crippen molar-refractivity contribution in [1.82, 2.24) is 5.48 Å². The normalized spacial score (nSPS) is 14.3. The second kappa shape index (κ2) is 5.07. The molecule has 1 atom stereocenters. The Labute approximate surface area is 87.6 Å². The first-order chi connectivity index (χ1) is 6.99. The Bertz CT molecular complexity index is 379. The van der Waals surface area contributed by atoms with Crippen LogP contribution < -0.4 is 5.48 Å². The average Bonchev–Trinajstić information content (AvgIpc) is 2.16. The molecule has 5 nitrogen and oxygen atoms in total. The minimum atomic E-state index is -3.80. The van der Waals surface area contributed by atoms with E-state index in [9.17, 15) is 14.3 Å². The van der Waals surface area contributed by atoms with Crippen LogP contribution in [0, 0.1) is 0 Å². The van der Waals surface area contributed by atoms with Crippen LogP contribution in [0.2, 0.25) is 0 Å². The van der Waals surface area contributed by atoms with Crippen LogP contribution >= 0.6 is 7.60 Å². The van der Waals surface area contributed by atoms with Crippen molar-refractivity contribution in [2.45, 2.75) is 13.1 Å². The smallest absolute Gasteiger partial charge is 0.323 e. The molecule has 2 N–H and O–H groups in total. The summed E-state index contributed by atoms with van der Waals surface area (Å²) in [6.45, 7) is 1.20. The van der Waals surface area contributed by atoms with E-state index in [2.05, 4.69) is 4.62 Å². The third-order valence-electron chi connectivity index (χ3n) is 1.56. The van der Waals surface area contributed by atoms with Gasteiger partial charge in [0.25, 0.3) is 0 Å². The van der Waals surface area contributed by atoms with Crippen molar-refractivity contribution >= 4 is 13.5 Å². The number of amides is 1. The number of benzene rings is 1. The van der Waals surface area contributed by atoms with E-state index >= 15 is 0 Å². The van der Waals surface area contributed by atoms with Crippen molar-refractivity contribution < 1.29 is 18.9 Å². The molecule has 0 saturated heterocycles. The van der Waals surface area contributed by atoms with Crippen LogP contribution in [0.25, 0.3) is 0 Å². The van der Waals surface area contributed by atoms with Crippen LogP contribution in [-0.4, -0.2) is 10.8 Å². The number of hydroxylamine groups is 1. The van der Waals surface area contributed by atoms with Gasteiger partial charge in [-0.15, -0.1) is 0 Å². The molecule has 1 rings (SSSR count). The molecule has 0 saturated carbocycles. The van der Waals surface area contributed by atoms with Gasteiger partial charge in [0, 0.05) is 6.92 Å². The highest BCUT2D eigenvalue weighted by atomic mass is 31.2. The van der Waals surface area contributed by atoms with E-state index in [1.165, 1.54) is 6.92 Å². The molecule has 0 aliphatic heterocycles. The molecule has 82 valence electrons. The van der Waals surface area contributed by atoms with Gasteiger partial charge in [-0.1, -0.05) is 30.3 Å². The van der Waals surface area contributed by atoms with E-state index in [4.69, 9.17) is 0 Å². The van der Waals surface area contributed by atoms with Gasteiger partial charge in [-0.25, -0.2) is 5.48 Å². The van der Waals surface area contributed by atoms with Gasteiger partial charge < -0.3 is 4.89 Å². The summed E-state index contributed by atoms with van der Waals surface area (Å²) in [7, 11) is -3.80. The maximum Gasteiger partial charge on any atom is 0.353 e. The van der Waals surface area contributed by atoms with E-state index in [-0.39, 0.29) is 6.16 Å². The number of hydrogen-bond donors (Lipinski definition) is 2. The number of carbonyl (C=O) groups is 1. The lowest BCUT2D eigenvalue weighted by Gasteiger charge is -2.10. The number of carbonyl (C=O) groups excluding carboxylic acids is 1. The van der Waals surface area contributed by atoms with E-state index in [1.807, 2.05) is 5.48 Å². The van der Waals surface area contributed by atoms with Crippen LogP contribution in [0.15, 0.2) is 30.3 Å². The second-order valence-corrected chi connectivity index (χ2v) is 4.80. The number of nitrogens with one attached hydrogen (secondary N) is 1. The quantitative estimate of drug-likeness (QED) is 0.605. The van der Waals surface area contributed by atoms with Crippen LogP contribution in [0.1, 0.15) is 12.5 Å². The Balaban J connectivity index is 2.57. The Morgan fingerprint density at radius 3 is 2.60 bits per heavy atom. The van der Waals surface area contributed by atoms with Gasteiger partial charge in [-0.2, -0.15) is 4.62 Å². The molecule has 1 aromatic rings. The number of hydrogen-bond acceptors (Lipinski definition) is 3. The van der Waals surface area contributed by atoms with Crippen molar-refractivity contribution in [2.75, 3.05) is 0 Å². The highest BCUT2D eigenvalue weighted by molar-refractivity contribution is 7.51. The van der Waals surface area contributed by atoms with Crippen molar-refractivity contribution in [3.05, 3.63) is 35.9 Å². The van der Waals surface area contributed by atoms with Crippen molar-refractivity contribution in [1.29, 1.82) is 0 Å². The van der Waals surface area contributed by atoms with Gasteiger partial charge in [0.15, 0.2) is 0 Å². The summed E-state index contributed by atoms with van der Waals surface area (Å²) in [5, 5.41) is 0. The summed E-state index contributed by atoms with van der Waals surface area (Å²) in [5.41, 5.74) is 2.53. The molecule has 1 unspecified atom stereocenters. The molecule has 1 amide bonds. The third-order valence-corrected chi connectivity index (χ3v) is 2.70. The van der Waals surface area contributed by atoms with Crippen LogP contribution in [0.3, 0.4) is 0 Å². The fourth-order valence-corrected chi connectivity index (χ4v) is 1.99. The van der Waals surface area contributed by atoms with Gasteiger partial charge >= 0.3 is 7.60 Å². The summed E-state index contributed by atoms with van der Waals surface area (Å²) < 4.78 is 15.8. The van der Waals surface area contributed by atoms with Gasteiger partial charge in [-0.05, 0) is 5.56 Å². The third kappa shape index (κ3) is 4.74. The van der Waals surface area contributed by atoms with E-state index in [0.29, 0.717) is 5.56 Å². The highest BCUT2D eigenvalue weighted by Crippen LogP contribution is 2.44. The largest absolute Gasteiger partial charge is 0.353 e. The molecule has 0 heterocycles. The highest BCUT2D eigenvalue weighted by Gasteiger charge is 2.20. The Kier molecular flexibility index (Phi) is 4.03. The molecule has 6 heteroatoms. The van der Waals surface area contributed by atoms with Gasteiger partial charge in [0.05, 0.1) is 6.16 Å². The first-order valence-electron chi connectivity index (χ1n) is 4.30. The molecule has 1 aromatic carbocycles. The van der Waals surface area contributed by atoms with E-state index in [0.717, 1.165) is 0 Å². The molecule has 0 aliphatic carbocycles. The van der Waals surface area contributed by atoms with Crippen LogP contribution in [-0.2, 0) is 20.1 Å². The first kappa shape index (κ1) is 11.9. The number of rotatable bonds is 4. The van der Waals surface area contributed by atoms with E-state index in [1.54, 1.807) is 30.3 Å². The summed E-state index contributed by atoms with van der Waals surface area (Å²) >= 11 is 0. The lowest BCUT2D eigenvalue weighted by Crippen LogP contribution is -2.19. The molecular weight excluding hydrogens is 217 g/mol. The standard InChI is InChI=1S/C9H12NO4P/c1-8(11)10-14-15(12,13)7-9-5-3-2-4-6-9/h2-6H,7H2,1H3,(H,10,11)(H,12,13). The predicted molar refractivity (Wildman–Crippen MR) is 54.9 cm³/mol. The minimum Gasteiger partial charge on any atom is -0.323 e. The van der Waals surface area contributed by atoms with Crippen LogP contribution in [0.5, 0.6) is 0 Å². The second-order valence-electron chi connectivity index (χ2n) is 3.03. The maximum atomic E-state index is 11.4. The Morgan fingerprint density at radius 2 is 2.07 bits per heavy atom. The summed E-state index contributed by atoms with van der Waals surface area (Å²) in [4.78, 5) is 19.8. The Morgan fingerprint density at radius 1 is 1.47 bits per heavy atom. The summed E-state index contributed by atoms with van der Waals surface area (Å²) in [5.74, 6) is -0.516. The fraction of sp³-hybridized carbons (Fsp3) is 0.222. The van der Waals surface area contributed by atoms with Crippen molar-refractivity contribution in [3.63, 3.8) is 0 Å². The lowest BCUT2D eigenvalue weighted by atomic mass is 10.2. The first-order valence-corrected chi connectivity index (χ1v) is 6.07. The maximum absolute atomic E-state index is 11.4. The van der Waals surface area contributed by atoms with E-state index < -0.39 is 13.5 Å². The summed E-state index contributed by atoms with van der Waals surface area (Å²) in [6, 6.07) is 8.74. The molecule has 0 fully saturated rings. The molecule has 0 aliphatic rings. The van der Waals surface area contributed by atoms with Crippen LogP contribution in [0.4, 0.5) is 0 Å². The van der Waals surface area contributed by atoms with Gasteiger partial charge in [0.2, 0.25) is 5.91 Å². The topological polar surface area (TPSA) is 75.6 Å². The SMILES string of the molecule is CC(=O)NOP(=O)(O)Cc1ccccc1. The molecule has 15 heavy (non-hydrogen) atoms. The fourth-order valence-electron chi connectivity index (χ4n) is 0.982. The zero-order chi connectivity index (χ0) is 11.3. The predicted octanol–water partition coefficient (Wildman–Crippen LogP) is 1.44. The van der Waals surface area contributed by atoms with Gasteiger partial charge in [0.1, 0.15) is 0 Å². The molecule has 0 bridgehead atoms. The molecule has 0 aromatic heterocycles. The summed E-state index contributed by atoms with van der Waals surface area (Å²) in [6.07, 6.45) is -0.131. The monoisotopic (exact) mass is 229 g/mol. The zero-order valence-corrected chi connectivity index (χ0v) is 9.11. The van der Waals surface area contributed by atoms with Gasteiger partial charge in [-0.3, -0.25) is 9.36 Å². The average molecular weight is 229 g/mol. The van der Waals surface area contributed by atoms with Crippen molar-refractivity contribution in [3.8, 4) is 0 Å². The lowest BCUT2D eigenvalue weighted by molar-refractivity contribution is -0.125. The molecular formula is C9H12NO4P. The minimum absolute atomic E-state index is 0.131. The zero-order valence-electron chi connectivity index (χ0n) is 8.21.